The molecule has 28 heavy (non-hydrogen) atoms. The summed E-state index contributed by atoms with van der Waals surface area (Å²) in [5.74, 6) is -0.303. The summed E-state index contributed by atoms with van der Waals surface area (Å²) in [6.07, 6.45) is 0. The third-order valence-corrected chi connectivity index (χ3v) is 4.65. The molecule has 1 heterocycles. The van der Waals surface area contributed by atoms with Gasteiger partial charge >= 0.3 is 0 Å². The average molecular weight is 381 g/mol. The van der Waals surface area contributed by atoms with E-state index in [2.05, 4.69) is 0 Å². The SMILES string of the molecule is CC(=O)c1ccc(N2CCN(C(=O)COc3cccc(C#N)c3)CC2)c(F)c1. The molecule has 0 atom stereocenters. The van der Waals surface area contributed by atoms with Crippen molar-refractivity contribution in [3.63, 3.8) is 0 Å². The van der Waals surface area contributed by atoms with Crippen LogP contribution in [-0.4, -0.2) is 49.4 Å². The maximum atomic E-state index is 14.3. The number of nitriles is 1. The van der Waals surface area contributed by atoms with Crippen LogP contribution in [0.5, 0.6) is 5.75 Å². The molecular weight excluding hydrogens is 361 g/mol. The van der Waals surface area contributed by atoms with Crippen molar-refractivity contribution in [3.05, 3.63) is 59.4 Å². The molecule has 2 aromatic rings. The number of ketones is 1. The molecule has 7 heteroatoms. The van der Waals surface area contributed by atoms with E-state index in [9.17, 15) is 14.0 Å². The zero-order valence-electron chi connectivity index (χ0n) is 15.5. The normalized spacial score (nSPS) is 13.8. The van der Waals surface area contributed by atoms with Crippen molar-refractivity contribution >= 4 is 17.4 Å². The van der Waals surface area contributed by atoms with Gasteiger partial charge in [0.15, 0.2) is 12.4 Å². The summed E-state index contributed by atoms with van der Waals surface area (Å²) < 4.78 is 19.8. The number of nitrogens with zero attached hydrogens (tertiary/aromatic N) is 3. The van der Waals surface area contributed by atoms with E-state index in [0.717, 1.165) is 0 Å². The van der Waals surface area contributed by atoms with E-state index in [0.29, 0.717) is 48.7 Å². The monoisotopic (exact) mass is 381 g/mol. The number of ether oxygens (including phenoxy) is 1. The van der Waals surface area contributed by atoms with Crippen molar-refractivity contribution in [2.24, 2.45) is 0 Å². The van der Waals surface area contributed by atoms with Crippen LogP contribution in [0.1, 0.15) is 22.8 Å². The van der Waals surface area contributed by atoms with E-state index in [4.69, 9.17) is 10.00 Å². The summed E-state index contributed by atoms with van der Waals surface area (Å²) in [6.45, 7) is 3.18. The van der Waals surface area contributed by atoms with Crippen molar-refractivity contribution in [1.29, 1.82) is 5.26 Å². The molecule has 1 saturated heterocycles. The predicted molar refractivity (Wildman–Crippen MR) is 102 cm³/mol. The number of amides is 1. The average Bonchev–Trinajstić information content (AvgIpc) is 2.72. The zero-order chi connectivity index (χ0) is 20.1. The molecule has 3 rings (SSSR count). The smallest absolute Gasteiger partial charge is 0.260 e. The fraction of sp³-hybridized carbons (Fsp3) is 0.286. The number of benzene rings is 2. The molecule has 1 fully saturated rings. The van der Waals surface area contributed by atoms with E-state index in [1.54, 1.807) is 41.3 Å². The minimum absolute atomic E-state index is 0.115. The number of hydrogen-bond donors (Lipinski definition) is 0. The first-order valence-electron chi connectivity index (χ1n) is 8.94. The fourth-order valence-corrected chi connectivity index (χ4v) is 3.07. The summed E-state index contributed by atoms with van der Waals surface area (Å²) in [5.41, 5.74) is 1.24. The van der Waals surface area contributed by atoms with Gasteiger partial charge in [0, 0.05) is 31.7 Å². The van der Waals surface area contributed by atoms with Gasteiger partial charge in [-0.1, -0.05) is 6.07 Å². The lowest BCUT2D eigenvalue weighted by Gasteiger charge is -2.36. The summed E-state index contributed by atoms with van der Waals surface area (Å²) >= 11 is 0. The first kappa shape index (κ1) is 19.4. The largest absolute Gasteiger partial charge is 0.484 e. The molecule has 1 aliphatic heterocycles. The van der Waals surface area contributed by atoms with E-state index >= 15 is 0 Å². The Morgan fingerprint density at radius 3 is 2.54 bits per heavy atom. The lowest BCUT2D eigenvalue weighted by molar-refractivity contribution is -0.133. The molecule has 0 unspecified atom stereocenters. The summed E-state index contributed by atoms with van der Waals surface area (Å²) in [5, 5.41) is 8.90. The zero-order valence-corrected chi connectivity index (χ0v) is 15.5. The lowest BCUT2D eigenvalue weighted by Crippen LogP contribution is -2.50. The third-order valence-electron chi connectivity index (χ3n) is 4.65. The Morgan fingerprint density at radius 2 is 1.89 bits per heavy atom. The molecule has 0 saturated carbocycles. The fourth-order valence-electron chi connectivity index (χ4n) is 3.07. The topological polar surface area (TPSA) is 73.6 Å². The maximum absolute atomic E-state index is 14.3. The lowest BCUT2D eigenvalue weighted by atomic mass is 10.1. The Balaban J connectivity index is 1.54. The Hall–Kier alpha value is -3.40. The van der Waals surface area contributed by atoms with E-state index in [1.807, 2.05) is 11.0 Å². The standard InChI is InChI=1S/C21H20FN3O3/c1-15(26)17-5-6-20(19(22)12-17)24-7-9-25(10-8-24)21(27)14-28-18-4-2-3-16(11-18)13-23/h2-6,11-12H,7-10,14H2,1H3. The number of Topliss-reactive ketones (excluding diaryl/α,β-unsaturated/α-hetero) is 1. The number of rotatable bonds is 5. The van der Waals surface area contributed by atoms with Gasteiger partial charge in [0.1, 0.15) is 11.6 Å². The van der Waals surface area contributed by atoms with Gasteiger partial charge in [-0.25, -0.2) is 4.39 Å². The number of halogens is 1. The van der Waals surface area contributed by atoms with Crippen molar-refractivity contribution in [1.82, 2.24) is 4.90 Å². The van der Waals surface area contributed by atoms with Gasteiger partial charge in [0.05, 0.1) is 17.3 Å². The highest BCUT2D eigenvalue weighted by atomic mass is 19.1. The van der Waals surface area contributed by atoms with E-state index in [1.165, 1.54) is 13.0 Å². The quantitative estimate of drug-likeness (QED) is 0.745. The second-order valence-corrected chi connectivity index (χ2v) is 6.52. The van der Waals surface area contributed by atoms with Crippen LogP contribution in [0.15, 0.2) is 42.5 Å². The van der Waals surface area contributed by atoms with Crippen LogP contribution >= 0.6 is 0 Å². The molecular formula is C21H20FN3O3. The van der Waals surface area contributed by atoms with Gasteiger partial charge in [-0.05, 0) is 43.3 Å². The van der Waals surface area contributed by atoms with Crippen LogP contribution in [0.4, 0.5) is 10.1 Å². The number of piperazine rings is 1. The molecule has 0 aliphatic carbocycles. The van der Waals surface area contributed by atoms with Gasteiger partial charge < -0.3 is 14.5 Å². The second-order valence-electron chi connectivity index (χ2n) is 6.52. The number of carbonyl (C=O) groups excluding carboxylic acids is 2. The van der Waals surface area contributed by atoms with Crippen LogP contribution in [0, 0.1) is 17.1 Å². The molecule has 6 nitrogen and oxygen atoms in total. The van der Waals surface area contributed by atoms with Crippen LogP contribution in [0.2, 0.25) is 0 Å². The molecule has 0 spiro atoms. The maximum Gasteiger partial charge on any atom is 0.260 e. The Labute approximate surface area is 162 Å². The van der Waals surface area contributed by atoms with Crippen LogP contribution in [0.3, 0.4) is 0 Å². The first-order valence-corrected chi connectivity index (χ1v) is 8.94. The molecule has 2 aromatic carbocycles. The molecule has 0 aromatic heterocycles. The van der Waals surface area contributed by atoms with E-state index in [-0.39, 0.29) is 18.3 Å². The van der Waals surface area contributed by atoms with Crippen molar-refractivity contribution < 1.29 is 18.7 Å². The summed E-state index contributed by atoms with van der Waals surface area (Å²) in [4.78, 5) is 27.2. The highest BCUT2D eigenvalue weighted by molar-refractivity contribution is 5.94. The Kier molecular flexibility index (Phi) is 5.90. The van der Waals surface area contributed by atoms with Gasteiger partial charge in [0.25, 0.3) is 5.91 Å². The summed E-state index contributed by atoms with van der Waals surface area (Å²) in [7, 11) is 0. The highest BCUT2D eigenvalue weighted by Gasteiger charge is 2.23. The first-order chi connectivity index (χ1) is 13.5. The van der Waals surface area contributed by atoms with Crippen molar-refractivity contribution in [2.45, 2.75) is 6.92 Å². The highest BCUT2D eigenvalue weighted by Crippen LogP contribution is 2.22. The van der Waals surface area contributed by atoms with E-state index < -0.39 is 5.82 Å². The summed E-state index contributed by atoms with van der Waals surface area (Å²) in [6, 6.07) is 13.1. The molecule has 1 aliphatic rings. The van der Waals surface area contributed by atoms with Crippen LogP contribution in [0.25, 0.3) is 0 Å². The molecule has 0 N–H and O–H groups in total. The third kappa shape index (κ3) is 4.46. The minimum atomic E-state index is -0.437. The Morgan fingerprint density at radius 1 is 1.14 bits per heavy atom. The van der Waals surface area contributed by atoms with Gasteiger partial charge in [-0.2, -0.15) is 5.26 Å². The number of carbonyl (C=O) groups is 2. The number of hydrogen-bond acceptors (Lipinski definition) is 5. The molecule has 1 amide bonds. The van der Waals surface area contributed by atoms with Crippen LogP contribution in [-0.2, 0) is 4.79 Å². The van der Waals surface area contributed by atoms with Gasteiger partial charge in [-0.3, -0.25) is 9.59 Å². The second kappa shape index (κ2) is 8.53. The van der Waals surface area contributed by atoms with Gasteiger partial charge in [0.2, 0.25) is 0 Å². The van der Waals surface area contributed by atoms with Crippen LogP contribution < -0.4 is 9.64 Å². The minimum Gasteiger partial charge on any atom is -0.484 e. The van der Waals surface area contributed by atoms with Gasteiger partial charge in [-0.15, -0.1) is 0 Å². The molecule has 144 valence electrons. The predicted octanol–water partition coefficient (Wildman–Crippen LogP) is 2.63. The molecule has 0 bridgehead atoms. The number of anilines is 1. The van der Waals surface area contributed by atoms with Crippen molar-refractivity contribution in [2.75, 3.05) is 37.7 Å². The Bertz CT molecular complexity index is 931. The van der Waals surface area contributed by atoms with Crippen molar-refractivity contribution in [3.8, 4) is 11.8 Å². The molecule has 0 radical (unpaired) electrons.